The molecule has 0 aliphatic carbocycles. The van der Waals surface area contributed by atoms with Gasteiger partial charge < -0.3 is 5.11 Å². The smallest absolute Gasteiger partial charge is 0.331 e. The molecule has 0 fully saturated rings. The second-order valence-corrected chi connectivity index (χ2v) is 1.95. The molecule has 1 nitrogen and oxygen atoms in total. The van der Waals surface area contributed by atoms with Crippen LogP contribution in [-0.4, -0.2) is 23.1 Å². The van der Waals surface area contributed by atoms with Crippen LogP contribution < -0.4 is 0 Å². The Kier molecular flexibility index (Phi) is 2.83. The van der Waals surface area contributed by atoms with E-state index in [0.717, 1.165) is 0 Å². The lowest BCUT2D eigenvalue weighted by Gasteiger charge is -2.27. The van der Waals surface area contributed by atoms with E-state index in [0.29, 0.717) is 0 Å². The minimum absolute atomic E-state index is 4.20. The molecule has 0 bridgehead atoms. The number of hydrogen-bond acceptors (Lipinski definition) is 1. The Morgan fingerprint density at radius 1 is 0.846 bits per heavy atom. The SMILES string of the molecule is OC(F)(F)C(F)(F)C(F)(F)[C](F)F. The topological polar surface area (TPSA) is 20.2 Å². The zero-order valence-corrected chi connectivity index (χ0v) is 5.47. The highest BCUT2D eigenvalue weighted by atomic mass is 19.4. The Bertz CT molecular complexity index is 181. The van der Waals surface area contributed by atoms with E-state index in [-0.39, 0.29) is 0 Å². The quantitative estimate of drug-likeness (QED) is 0.719. The summed E-state index contributed by atoms with van der Waals surface area (Å²) < 4.78 is 91.5. The van der Waals surface area contributed by atoms with E-state index in [1.54, 1.807) is 0 Å². The first-order valence-corrected chi connectivity index (χ1v) is 2.49. The monoisotopic (exact) mass is 217 g/mol. The summed E-state index contributed by atoms with van der Waals surface area (Å²) in [5.41, 5.74) is 0. The van der Waals surface area contributed by atoms with Crippen molar-refractivity contribution in [1.29, 1.82) is 0 Å². The molecule has 0 spiro atoms. The van der Waals surface area contributed by atoms with Crippen LogP contribution in [0.5, 0.6) is 0 Å². The fourth-order valence-electron chi connectivity index (χ4n) is 0.308. The number of alkyl halides is 6. The van der Waals surface area contributed by atoms with Crippen molar-refractivity contribution in [1.82, 2.24) is 0 Å². The largest absolute Gasteiger partial charge is 0.423 e. The Balaban J connectivity index is 5.04. The number of hydrogen-bond donors (Lipinski definition) is 1. The summed E-state index contributed by atoms with van der Waals surface area (Å²) in [6.45, 7) is 0. The zero-order valence-electron chi connectivity index (χ0n) is 5.47. The lowest BCUT2D eigenvalue weighted by molar-refractivity contribution is -0.388. The van der Waals surface area contributed by atoms with Crippen molar-refractivity contribution in [2.45, 2.75) is 18.0 Å². The highest BCUT2D eigenvalue weighted by Gasteiger charge is 2.76. The van der Waals surface area contributed by atoms with Crippen molar-refractivity contribution < 1.29 is 40.2 Å². The van der Waals surface area contributed by atoms with E-state index in [2.05, 4.69) is 0 Å². The van der Waals surface area contributed by atoms with Gasteiger partial charge in [-0.15, -0.1) is 0 Å². The maximum absolute atomic E-state index is 11.7. The normalized spacial score (nSPS) is 15.2. The van der Waals surface area contributed by atoms with Crippen LogP contribution >= 0.6 is 0 Å². The summed E-state index contributed by atoms with van der Waals surface area (Å²) >= 11 is 0. The maximum atomic E-state index is 11.7. The van der Waals surface area contributed by atoms with Gasteiger partial charge in [-0.2, -0.15) is 35.1 Å². The molecule has 0 atom stereocenters. The average Bonchev–Trinajstić information content (AvgIpc) is 1.84. The third-order valence-corrected chi connectivity index (χ3v) is 1.01. The van der Waals surface area contributed by atoms with Crippen molar-refractivity contribution >= 4 is 0 Å². The number of aliphatic hydroxyl groups is 1. The standard InChI is InChI=1S/C4HF8O/c5-1(6)2(7,8)3(9,10)4(11,12)13/h13H. The summed E-state index contributed by atoms with van der Waals surface area (Å²) in [6, 6.07) is 0. The summed E-state index contributed by atoms with van der Waals surface area (Å²) in [4.78, 5) is 0. The molecule has 1 radical (unpaired) electrons. The fraction of sp³-hybridized carbons (Fsp3) is 0.750. The highest BCUT2D eigenvalue weighted by molar-refractivity contribution is 4.99. The molecular formula is C4HF8O. The summed E-state index contributed by atoms with van der Waals surface area (Å²) in [5, 5.41) is 7.22. The fourth-order valence-corrected chi connectivity index (χ4v) is 0.308. The van der Waals surface area contributed by atoms with Gasteiger partial charge in [0.15, 0.2) is 0 Å². The summed E-state index contributed by atoms with van der Waals surface area (Å²) in [7, 11) is 0. The van der Waals surface area contributed by atoms with E-state index in [4.69, 9.17) is 5.11 Å². The van der Waals surface area contributed by atoms with E-state index in [9.17, 15) is 35.1 Å². The van der Waals surface area contributed by atoms with Gasteiger partial charge in [0.2, 0.25) is 0 Å². The van der Waals surface area contributed by atoms with Crippen LogP contribution in [0, 0.1) is 6.43 Å². The van der Waals surface area contributed by atoms with Crippen LogP contribution in [0.3, 0.4) is 0 Å². The first-order valence-electron chi connectivity index (χ1n) is 2.49. The molecule has 13 heavy (non-hydrogen) atoms. The van der Waals surface area contributed by atoms with Gasteiger partial charge >= 0.3 is 24.4 Å². The Hall–Kier alpha value is -0.600. The Morgan fingerprint density at radius 2 is 1.15 bits per heavy atom. The van der Waals surface area contributed by atoms with Gasteiger partial charge in [0.1, 0.15) is 0 Å². The maximum Gasteiger partial charge on any atom is 0.423 e. The van der Waals surface area contributed by atoms with Gasteiger partial charge in [-0.3, -0.25) is 0 Å². The predicted molar refractivity (Wildman–Crippen MR) is 22.5 cm³/mol. The van der Waals surface area contributed by atoms with Crippen molar-refractivity contribution in [2.75, 3.05) is 0 Å². The van der Waals surface area contributed by atoms with E-state index >= 15 is 0 Å². The Morgan fingerprint density at radius 3 is 1.23 bits per heavy atom. The molecule has 79 valence electrons. The van der Waals surface area contributed by atoms with Crippen molar-refractivity contribution in [3.05, 3.63) is 6.43 Å². The molecule has 0 aromatic carbocycles. The minimum Gasteiger partial charge on any atom is -0.331 e. The Labute approximate surface area is 66.0 Å². The molecule has 0 aromatic heterocycles. The van der Waals surface area contributed by atoms with Gasteiger partial charge in [-0.1, -0.05) is 0 Å². The van der Waals surface area contributed by atoms with Crippen LogP contribution in [0.4, 0.5) is 35.1 Å². The van der Waals surface area contributed by atoms with Gasteiger partial charge in [-0.05, 0) is 0 Å². The van der Waals surface area contributed by atoms with Crippen LogP contribution in [0.2, 0.25) is 0 Å². The molecule has 0 aliphatic rings. The lowest BCUT2D eigenvalue weighted by atomic mass is 10.1. The first kappa shape index (κ1) is 12.4. The van der Waals surface area contributed by atoms with Gasteiger partial charge in [0.25, 0.3) is 0 Å². The second-order valence-electron chi connectivity index (χ2n) is 1.95. The van der Waals surface area contributed by atoms with Crippen molar-refractivity contribution in [3.8, 4) is 0 Å². The lowest BCUT2D eigenvalue weighted by Crippen LogP contribution is -2.55. The van der Waals surface area contributed by atoms with Crippen LogP contribution in [0.1, 0.15) is 0 Å². The number of rotatable bonds is 3. The molecule has 1 N–H and O–H groups in total. The van der Waals surface area contributed by atoms with Crippen molar-refractivity contribution in [3.63, 3.8) is 0 Å². The highest BCUT2D eigenvalue weighted by Crippen LogP contribution is 2.49. The van der Waals surface area contributed by atoms with Gasteiger partial charge in [0.05, 0.1) is 0 Å². The third kappa shape index (κ3) is 1.84. The van der Waals surface area contributed by atoms with Crippen LogP contribution in [-0.2, 0) is 0 Å². The third-order valence-electron chi connectivity index (χ3n) is 1.01. The molecule has 0 aromatic rings. The molecule has 0 heterocycles. The number of halogens is 8. The molecule has 9 heteroatoms. The van der Waals surface area contributed by atoms with E-state index < -0.39 is 24.4 Å². The van der Waals surface area contributed by atoms with Crippen LogP contribution in [0.25, 0.3) is 0 Å². The first-order chi connectivity index (χ1) is 5.44. The van der Waals surface area contributed by atoms with Crippen molar-refractivity contribution in [2.24, 2.45) is 0 Å². The summed E-state index contributed by atoms with van der Waals surface area (Å²) in [6.07, 6.45) is -10.4. The molecule has 0 unspecified atom stereocenters. The summed E-state index contributed by atoms with van der Waals surface area (Å²) in [5.74, 6) is -12.9. The zero-order chi connectivity index (χ0) is 11.1. The van der Waals surface area contributed by atoms with Gasteiger partial charge in [0, 0.05) is 0 Å². The molecule has 0 saturated heterocycles. The average molecular weight is 217 g/mol. The molecule has 0 saturated carbocycles. The van der Waals surface area contributed by atoms with E-state index in [1.165, 1.54) is 0 Å². The van der Waals surface area contributed by atoms with E-state index in [1.807, 2.05) is 0 Å². The molecular weight excluding hydrogens is 216 g/mol. The van der Waals surface area contributed by atoms with Crippen LogP contribution in [0.15, 0.2) is 0 Å². The predicted octanol–water partition coefficient (Wildman–Crippen LogP) is 2.27. The molecule has 0 rings (SSSR count). The van der Waals surface area contributed by atoms with Gasteiger partial charge in [-0.25, -0.2) is 0 Å². The molecule has 0 aliphatic heterocycles. The molecule has 0 amide bonds. The minimum atomic E-state index is -6.54. The second kappa shape index (κ2) is 2.96.